The molecule has 0 heterocycles. The summed E-state index contributed by atoms with van der Waals surface area (Å²) < 4.78 is 16.7. The molecule has 0 radical (unpaired) electrons. The number of carbonyl (C=O) groups is 3. The monoisotopic (exact) mass is 975 g/mol. The van der Waals surface area contributed by atoms with Crippen LogP contribution in [0.2, 0.25) is 0 Å². The molecule has 0 saturated heterocycles. The molecule has 0 spiro atoms. The van der Waals surface area contributed by atoms with Crippen LogP contribution in [0.3, 0.4) is 0 Å². The highest BCUT2D eigenvalue weighted by molar-refractivity contribution is 5.71. The van der Waals surface area contributed by atoms with E-state index in [9.17, 15) is 14.4 Å². The number of carbonyl (C=O) groups excluding carboxylic acids is 3. The summed E-state index contributed by atoms with van der Waals surface area (Å²) in [4.78, 5) is 37.7. The van der Waals surface area contributed by atoms with Crippen LogP contribution in [-0.2, 0) is 28.6 Å². The van der Waals surface area contributed by atoms with Gasteiger partial charge in [-0.15, -0.1) is 0 Å². The van der Waals surface area contributed by atoms with Gasteiger partial charge in [-0.25, -0.2) is 0 Å². The second-order valence-electron chi connectivity index (χ2n) is 21.7. The zero-order chi connectivity index (χ0) is 50.0. The molecule has 0 aliphatic rings. The third kappa shape index (κ3) is 57.2. The molecule has 0 aromatic carbocycles. The highest BCUT2D eigenvalue weighted by Crippen LogP contribution is 2.19. The van der Waals surface area contributed by atoms with Gasteiger partial charge in [0.1, 0.15) is 13.2 Å². The van der Waals surface area contributed by atoms with Gasteiger partial charge in [0.2, 0.25) is 0 Å². The summed E-state index contributed by atoms with van der Waals surface area (Å²) in [6.07, 6.45) is 67.7. The van der Waals surface area contributed by atoms with Crippen LogP contribution < -0.4 is 0 Å². The van der Waals surface area contributed by atoms with E-state index in [4.69, 9.17) is 14.2 Å². The Kier molecular flexibility index (Phi) is 57.6. The van der Waals surface area contributed by atoms with Crippen LogP contribution in [0.1, 0.15) is 367 Å². The predicted molar refractivity (Wildman–Crippen MR) is 298 cm³/mol. The lowest BCUT2D eigenvalue weighted by Gasteiger charge is -2.18. The molecule has 0 aromatic rings. The van der Waals surface area contributed by atoms with Crippen molar-refractivity contribution in [3.63, 3.8) is 0 Å². The van der Waals surface area contributed by atoms with Gasteiger partial charge in [-0.05, 0) is 19.3 Å². The predicted octanol–water partition coefficient (Wildman–Crippen LogP) is 21.1. The van der Waals surface area contributed by atoms with E-state index in [1.54, 1.807) is 0 Å². The van der Waals surface area contributed by atoms with E-state index >= 15 is 0 Å². The van der Waals surface area contributed by atoms with Crippen molar-refractivity contribution in [2.75, 3.05) is 13.2 Å². The van der Waals surface area contributed by atoms with Crippen LogP contribution in [0.15, 0.2) is 0 Å². The molecule has 0 aliphatic carbocycles. The molecule has 0 fully saturated rings. The Bertz CT molecular complexity index is 1030. The third-order valence-electron chi connectivity index (χ3n) is 14.6. The Hall–Kier alpha value is -1.59. The molecule has 69 heavy (non-hydrogen) atoms. The molecule has 0 N–H and O–H groups in total. The molecule has 1 atom stereocenters. The molecule has 6 nitrogen and oxygen atoms in total. The standard InChI is InChI=1S/C63H122O6/c1-4-7-10-13-15-17-19-20-21-22-23-24-25-26-27-28-29-30-31-32-33-34-35-36-37-38-39-40-41-42-44-45-47-50-53-56-62(65)68-59-60(58-67-61(64)55-52-49-12-9-6-3)69-63(66)57-54-51-48-46-43-18-16-14-11-8-5-2/h60H,4-59H2,1-3H3. The van der Waals surface area contributed by atoms with Crippen molar-refractivity contribution in [1.82, 2.24) is 0 Å². The zero-order valence-electron chi connectivity index (χ0n) is 47.1. The van der Waals surface area contributed by atoms with Crippen LogP contribution >= 0.6 is 0 Å². The second kappa shape index (κ2) is 59.0. The average Bonchev–Trinajstić information content (AvgIpc) is 3.35. The minimum Gasteiger partial charge on any atom is -0.462 e. The van der Waals surface area contributed by atoms with Gasteiger partial charge < -0.3 is 14.2 Å². The maximum Gasteiger partial charge on any atom is 0.306 e. The van der Waals surface area contributed by atoms with Crippen LogP contribution in [0.25, 0.3) is 0 Å². The summed E-state index contributed by atoms with van der Waals surface area (Å²) in [5.74, 6) is -0.857. The van der Waals surface area contributed by atoms with Crippen molar-refractivity contribution in [3.05, 3.63) is 0 Å². The molecular weight excluding hydrogens is 853 g/mol. The Morgan fingerprint density at radius 3 is 0.580 bits per heavy atom. The fraction of sp³-hybridized carbons (Fsp3) is 0.952. The number of ether oxygens (including phenoxy) is 3. The maximum absolute atomic E-state index is 12.7. The van der Waals surface area contributed by atoms with Crippen molar-refractivity contribution in [2.24, 2.45) is 0 Å². The molecule has 0 saturated carbocycles. The molecule has 0 amide bonds. The fourth-order valence-electron chi connectivity index (χ4n) is 9.86. The number of esters is 3. The Morgan fingerprint density at radius 2 is 0.391 bits per heavy atom. The number of unbranched alkanes of at least 4 members (excludes halogenated alkanes) is 48. The first-order valence-corrected chi connectivity index (χ1v) is 31.5. The van der Waals surface area contributed by atoms with Crippen molar-refractivity contribution >= 4 is 17.9 Å². The van der Waals surface area contributed by atoms with Crippen molar-refractivity contribution in [3.8, 4) is 0 Å². The topological polar surface area (TPSA) is 78.9 Å². The van der Waals surface area contributed by atoms with Crippen LogP contribution in [0.5, 0.6) is 0 Å². The lowest BCUT2D eigenvalue weighted by molar-refractivity contribution is -0.167. The Morgan fingerprint density at radius 1 is 0.232 bits per heavy atom. The van der Waals surface area contributed by atoms with Crippen molar-refractivity contribution in [1.29, 1.82) is 0 Å². The van der Waals surface area contributed by atoms with Gasteiger partial charge in [-0.3, -0.25) is 14.4 Å². The first kappa shape index (κ1) is 67.4. The normalized spacial score (nSPS) is 11.9. The van der Waals surface area contributed by atoms with E-state index in [-0.39, 0.29) is 31.1 Å². The lowest BCUT2D eigenvalue weighted by atomic mass is 10.0. The largest absolute Gasteiger partial charge is 0.462 e. The zero-order valence-corrected chi connectivity index (χ0v) is 47.1. The summed E-state index contributed by atoms with van der Waals surface area (Å²) in [7, 11) is 0. The highest BCUT2D eigenvalue weighted by Gasteiger charge is 2.19. The highest BCUT2D eigenvalue weighted by atomic mass is 16.6. The van der Waals surface area contributed by atoms with E-state index < -0.39 is 6.10 Å². The molecule has 0 aromatic heterocycles. The van der Waals surface area contributed by atoms with Crippen molar-refractivity contribution in [2.45, 2.75) is 374 Å². The maximum atomic E-state index is 12.7. The quantitative estimate of drug-likeness (QED) is 0.0343. The van der Waals surface area contributed by atoms with Gasteiger partial charge in [-0.1, -0.05) is 329 Å². The van der Waals surface area contributed by atoms with Crippen LogP contribution in [-0.4, -0.2) is 37.2 Å². The van der Waals surface area contributed by atoms with E-state index in [0.717, 1.165) is 64.2 Å². The summed E-state index contributed by atoms with van der Waals surface area (Å²) in [5.41, 5.74) is 0. The van der Waals surface area contributed by atoms with Gasteiger partial charge in [0.25, 0.3) is 0 Å². The average molecular weight is 976 g/mol. The minimum absolute atomic E-state index is 0.0632. The first-order chi connectivity index (χ1) is 34.0. The van der Waals surface area contributed by atoms with E-state index in [1.807, 2.05) is 0 Å². The molecule has 0 aliphatic heterocycles. The lowest BCUT2D eigenvalue weighted by Crippen LogP contribution is -2.30. The first-order valence-electron chi connectivity index (χ1n) is 31.5. The molecule has 0 rings (SSSR count). The summed E-state index contributed by atoms with van der Waals surface area (Å²) >= 11 is 0. The second-order valence-corrected chi connectivity index (χ2v) is 21.7. The van der Waals surface area contributed by atoms with Crippen LogP contribution in [0.4, 0.5) is 0 Å². The molecule has 1 unspecified atom stereocenters. The summed E-state index contributed by atoms with van der Waals surface area (Å²) in [6, 6.07) is 0. The molecule has 6 heteroatoms. The number of rotatable bonds is 59. The summed E-state index contributed by atoms with van der Waals surface area (Å²) in [6.45, 7) is 6.60. The van der Waals surface area contributed by atoms with E-state index in [0.29, 0.717) is 19.3 Å². The summed E-state index contributed by atoms with van der Waals surface area (Å²) in [5, 5.41) is 0. The van der Waals surface area contributed by atoms with Crippen LogP contribution in [0, 0.1) is 0 Å². The number of hydrogen-bond acceptors (Lipinski definition) is 6. The molecule has 0 bridgehead atoms. The van der Waals surface area contributed by atoms with E-state index in [2.05, 4.69) is 20.8 Å². The van der Waals surface area contributed by atoms with Gasteiger partial charge >= 0.3 is 17.9 Å². The van der Waals surface area contributed by atoms with Gasteiger partial charge in [0.15, 0.2) is 6.10 Å². The smallest absolute Gasteiger partial charge is 0.306 e. The fourth-order valence-corrected chi connectivity index (χ4v) is 9.86. The number of hydrogen-bond donors (Lipinski definition) is 0. The van der Waals surface area contributed by atoms with Gasteiger partial charge in [0, 0.05) is 19.3 Å². The SMILES string of the molecule is CCCCCCCCCCCCCCCCCCCCCCCCCCCCCCCCCCCCCC(=O)OCC(COC(=O)CCCCCCC)OC(=O)CCCCCCCCCCCCC. The van der Waals surface area contributed by atoms with Gasteiger partial charge in [0.05, 0.1) is 0 Å². The Labute approximate surface area is 431 Å². The third-order valence-corrected chi connectivity index (χ3v) is 14.6. The van der Waals surface area contributed by atoms with Crippen molar-refractivity contribution < 1.29 is 28.6 Å². The van der Waals surface area contributed by atoms with E-state index in [1.165, 1.54) is 263 Å². The van der Waals surface area contributed by atoms with Gasteiger partial charge in [-0.2, -0.15) is 0 Å². The Balaban J connectivity index is 3.74. The molecule has 410 valence electrons. The molecular formula is C63H122O6. The minimum atomic E-state index is -0.758.